The fourth-order valence-electron chi connectivity index (χ4n) is 2.01. The Kier molecular flexibility index (Phi) is 20.7. The zero-order valence-corrected chi connectivity index (χ0v) is 12.3. The van der Waals surface area contributed by atoms with E-state index in [4.69, 9.17) is 4.74 Å². The molecule has 0 aliphatic rings. The van der Waals surface area contributed by atoms with Gasteiger partial charge in [0, 0.05) is 13.2 Å². The van der Waals surface area contributed by atoms with E-state index in [0.29, 0.717) is 0 Å². The first kappa shape index (κ1) is 19.3. The van der Waals surface area contributed by atoms with Crippen LogP contribution in [0.25, 0.3) is 0 Å². The quantitative estimate of drug-likeness (QED) is 0.436. The smallest absolute Gasteiger partial charge is 0.0465 e. The summed E-state index contributed by atoms with van der Waals surface area (Å²) in [6.45, 7) is 6.19. The summed E-state index contributed by atoms with van der Waals surface area (Å²) in [6, 6.07) is 0. The van der Waals surface area contributed by atoms with Crippen LogP contribution in [0.15, 0.2) is 0 Å². The monoisotopic (exact) mass is 245 g/mol. The van der Waals surface area contributed by atoms with Gasteiger partial charge in [-0.1, -0.05) is 71.1 Å². The highest BCUT2D eigenvalue weighted by atomic mass is 16.5. The molecule has 0 fully saturated rings. The Morgan fingerprint density at radius 1 is 0.588 bits per heavy atom. The van der Waals surface area contributed by atoms with Crippen LogP contribution in [0.5, 0.6) is 0 Å². The fraction of sp³-hybridized carbons (Fsp3) is 1.00. The maximum atomic E-state index is 5.32. The van der Waals surface area contributed by atoms with Crippen molar-refractivity contribution in [3.05, 3.63) is 0 Å². The Labute approximate surface area is 109 Å². The maximum absolute atomic E-state index is 5.32. The molecule has 106 valence electrons. The minimum absolute atomic E-state index is 0. The molecule has 0 heterocycles. The zero-order valence-electron chi connectivity index (χ0n) is 12.3. The lowest BCUT2D eigenvalue weighted by Gasteiger charge is -2.02. The molecule has 0 aliphatic carbocycles. The summed E-state index contributed by atoms with van der Waals surface area (Å²) >= 11 is 0. The highest BCUT2D eigenvalue weighted by molar-refractivity contribution is 4.47. The van der Waals surface area contributed by atoms with E-state index in [1.165, 1.54) is 70.6 Å². The van der Waals surface area contributed by atoms with Gasteiger partial charge >= 0.3 is 0 Å². The van der Waals surface area contributed by atoms with Crippen LogP contribution in [-0.2, 0) is 4.74 Å². The molecule has 0 spiro atoms. The molecule has 0 aliphatic heterocycles. The van der Waals surface area contributed by atoms with Gasteiger partial charge < -0.3 is 10.9 Å². The van der Waals surface area contributed by atoms with Crippen molar-refractivity contribution in [2.24, 2.45) is 0 Å². The summed E-state index contributed by atoms with van der Waals surface area (Å²) in [7, 11) is 0. The SMILES string of the molecule is CCCCCCCCCCCCCOCC.N. The van der Waals surface area contributed by atoms with Gasteiger partial charge in [0.1, 0.15) is 0 Å². The van der Waals surface area contributed by atoms with Crippen LogP contribution in [0.2, 0.25) is 0 Å². The molecule has 17 heavy (non-hydrogen) atoms. The topological polar surface area (TPSA) is 44.2 Å². The first-order chi connectivity index (χ1) is 7.91. The van der Waals surface area contributed by atoms with E-state index >= 15 is 0 Å². The lowest BCUT2D eigenvalue weighted by Crippen LogP contribution is -1.92. The zero-order chi connectivity index (χ0) is 11.9. The molecule has 0 saturated carbocycles. The van der Waals surface area contributed by atoms with Gasteiger partial charge in [0.15, 0.2) is 0 Å². The second-order valence-electron chi connectivity index (χ2n) is 4.73. The lowest BCUT2D eigenvalue weighted by atomic mass is 10.1. The van der Waals surface area contributed by atoms with Crippen molar-refractivity contribution in [3.8, 4) is 0 Å². The van der Waals surface area contributed by atoms with Gasteiger partial charge in [0.05, 0.1) is 0 Å². The normalized spacial score (nSPS) is 10.2. The fourth-order valence-corrected chi connectivity index (χ4v) is 2.01. The molecule has 0 unspecified atom stereocenters. The second kappa shape index (κ2) is 18.3. The van der Waals surface area contributed by atoms with Crippen molar-refractivity contribution in [2.45, 2.75) is 84.5 Å². The van der Waals surface area contributed by atoms with Crippen LogP contribution in [0.3, 0.4) is 0 Å². The molecule has 0 aromatic heterocycles. The van der Waals surface area contributed by atoms with Crippen molar-refractivity contribution in [1.82, 2.24) is 6.15 Å². The summed E-state index contributed by atoms with van der Waals surface area (Å²) in [4.78, 5) is 0. The largest absolute Gasteiger partial charge is 0.382 e. The number of ether oxygens (including phenoxy) is 1. The number of hydrogen-bond acceptors (Lipinski definition) is 2. The molecule has 0 rings (SSSR count). The van der Waals surface area contributed by atoms with E-state index in [9.17, 15) is 0 Å². The molecule has 0 aromatic carbocycles. The van der Waals surface area contributed by atoms with Crippen LogP contribution in [-0.4, -0.2) is 13.2 Å². The molecule has 0 radical (unpaired) electrons. The first-order valence-corrected chi connectivity index (χ1v) is 7.49. The standard InChI is InChI=1S/C15H32O.H3N/c1-3-5-6-7-8-9-10-11-12-13-14-15-16-4-2;/h3-15H2,1-2H3;1H3. The van der Waals surface area contributed by atoms with Gasteiger partial charge in [-0.25, -0.2) is 0 Å². The number of hydrogen-bond donors (Lipinski definition) is 1. The van der Waals surface area contributed by atoms with Gasteiger partial charge in [0.25, 0.3) is 0 Å². The summed E-state index contributed by atoms with van der Waals surface area (Å²) in [5.41, 5.74) is 0. The highest BCUT2D eigenvalue weighted by Crippen LogP contribution is 2.11. The molecule has 2 nitrogen and oxygen atoms in total. The van der Waals surface area contributed by atoms with Crippen LogP contribution in [0, 0.1) is 0 Å². The lowest BCUT2D eigenvalue weighted by molar-refractivity contribution is 0.143. The molecular formula is C15H35NO. The van der Waals surface area contributed by atoms with Crippen molar-refractivity contribution >= 4 is 0 Å². The maximum Gasteiger partial charge on any atom is 0.0465 e. The Bertz CT molecular complexity index is 103. The van der Waals surface area contributed by atoms with E-state index < -0.39 is 0 Å². The van der Waals surface area contributed by atoms with Gasteiger partial charge in [-0.05, 0) is 13.3 Å². The number of rotatable bonds is 13. The Morgan fingerprint density at radius 3 is 1.41 bits per heavy atom. The van der Waals surface area contributed by atoms with Crippen LogP contribution < -0.4 is 6.15 Å². The second-order valence-corrected chi connectivity index (χ2v) is 4.73. The Morgan fingerprint density at radius 2 is 1.00 bits per heavy atom. The third-order valence-electron chi connectivity index (χ3n) is 3.10. The van der Waals surface area contributed by atoms with E-state index in [-0.39, 0.29) is 6.15 Å². The molecular weight excluding hydrogens is 210 g/mol. The summed E-state index contributed by atoms with van der Waals surface area (Å²) in [6.07, 6.45) is 15.5. The molecule has 0 atom stereocenters. The van der Waals surface area contributed by atoms with Gasteiger partial charge in [-0.15, -0.1) is 0 Å². The average Bonchev–Trinajstić information content (AvgIpc) is 2.31. The van der Waals surface area contributed by atoms with Crippen molar-refractivity contribution < 1.29 is 4.74 Å². The summed E-state index contributed by atoms with van der Waals surface area (Å²) in [5, 5.41) is 0. The molecule has 3 N–H and O–H groups in total. The van der Waals surface area contributed by atoms with Gasteiger partial charge in [0.2, 0.25) is 0 Å². The minimum atomic E-state index is 0. The Hall–Kier alpha value is -0.0800. The van der Waals surface area contributed by atoms with Crippen molar-refractivity contribution in [2.75, 3.05) is 13.2 Å². The third-order valence-corrected chi connectivity index (χ3v) is 3.10. The van der Waals surface area contributed by atoms with Gasteiger partial charge in [-0.3, -0.25) is 0 Å². The Balaban J connectivity index is 0. The molecule has 0 aromatic rings. The van der Waals surface area contributed by atoms with Crippen molar-refractivity contribution in [3.63, 3.8) is 0 Å². The predicted octanol–water partition coefficient (Wildman–Crippen LogP) is 5.50. The van der Waals surface area contributed by atoms with E-state index in [0.717, 1.165) is 13.2 Å². The third kappa shape index (κ3) is 18.5. The average molecular weight is 245 g/mol. The molecule has 0 bridgehead atoms. The number of unbranched alkanes of at least 4 members (excludes halogenated alkanes) is 10. The van der Waals surface area contributed by atoms with Crippen LogP contribution in [0.4, 0.5) is 0 Å². The molecule has 2 heteroatoms. The van der Waals surface area contributed by atoms with Crippen molar-refractivity contribution in [1.29, 1.82) is 0 Å². The first-order valence-electron chi connectivity index (χ1n) is 7.49. The van der Waals surface area contributed by atoms with Gasteiger partial charge in [-0.2, -0.15) is 0 Å². The van der Waals surface area contributed by atoms with Crippen LogP contribution >= 0.6 is 0 Å². The van der Waals surface area contributed by atoms with E-state index in [1.807, 2.05) is 0 Å². The van der Waals surface area contributed by atoms with Crippen LogP contribution in [0.1, 0.15) is 84.5 Å². The molecule has 0 amide bonds. The summed E-state index contributed by atoms with van der Waals surface area (Å²) in [5.74, 6) is 0. The minimum Gasteiger partial charge on any atom is -0.382 e. The molecule has 0 saturated heterocycles. The summed E-state index contributed by atoms with van der Waals surface area (Å²) < 4.78 is 5.32. The van der Waals surface area contributed by atoms with E-state index in [1.54, 1.807) is 0 Å². The van der Waals surface area contributed by atoms with E-state index in [2.05, 4.69) is 13.8 Å². The highest BCUT2D eigenvalue weighted by Gasteiger charge is 1.92. The predicted molar refractivity (Wildman–Crippen MR) is 78.0 cm³/mol.